The molecule has 3 aromatic rings. The largest absolute Gasteiger partial charge is 0.416 e. The standard InChI is InChI=1S/C30H33BrF3N3O4S/c1-5-21(3)35-29(39)22(4)36(18-23-8-6-10-25(31)16-23)28(38)19-37(26-11-7-9-24(17-26)30(32,33)34)42(40,41)27-14-12-20(2)13-15-27/h6-17,21-22H,5,18-19H2,1-4H3,(H,35,39)/t21-,22+/m0/s1. The van der Waals surface area contributed by atoms with Crippen molar-refractivity contribution in [2.75, 3.05) is 10.8 Å². The van der Waals surface area contributed by atoms with Crippen molar-refractivity contribution in [2.45, 2.75) is 63.8 Å². The van der Waals surface area contributed by atoms with Crippen molar-refractivity contribution in [3.8, 4) is 0 Å². The second-order valence-corrected chi connectivity index (χ2v) is 12.8. The van der Waals surface area contributed by atoms with Crippen LogP contribution >= 0.6 is 15.9 Å². The first kappa shape index (κ1) is 33.1. The summed E-state index contributed by atoms with van der Waals surface area (Å²) in [5, 5.41) is 2.83. The van der Waals surface area contributed by atoms with Gasteiger partial charge in [0.1, 0.15) is 12.6 Å². The van der Waals surface area contributed by atoms with Gasteiger partial charge in [0.25, 0.3) is 10.0 Å². The summed E-state index contributed by atoms with van der Waals surface area (Å²) in [6.45, 7) is 6.10. The third-order valence-electron chi connectivity index (χ3n) is 6.76. The van der Waals surface area contributed by atoms with Crippen molar-refractivity contribution in [1.82, 2.24) is 10.2 Å². The van der Waals surface area contributed by atoms with Gasteiger partial charge in [-0.1, -0.05) is 58.7 Å². The molecule has 0 unspecified atom stereocenters. The van der Waals surface area contributed by atoms with E-state index in [2.05, 4.69) is 21.2 Å². The molecule has 42 heavy (non-hydrogen) atoms. The fraction of sp³-hybridized carbons (Fsp3) is 0.333. The minimum atomic E-state index is -4.74. The molecule has 226 valence electrons. The van der Waals surface area contributed by atoms with Gasteiger partial charge in [-0.05, 0) is 75.2 Å². The highest BCUT2D eigenvalue weighted by atomic mass is 79.9. The summed E-state index contributed by atoms with van der Waals surface area (Å²) in [5.41, 5.74) is 0.0339. The molecule has 0 bridgehead atoms. The van der Waals surface area contributed by atoms with Crippen molar-refractivity contribution < 1.29 is 31.2 Å². The molecule has 0 aliphatic carbocycles. The molecule has 0 spiro atoms. The molecule has 7 nitrogen and oxygen atoms in total. The van der Waals surface area contributed by atoms with Gasteiger partial charge in [0, 0.05) is 17.1 Å². The van der Waals surface area contributed by atoms with Crippen LogP contribution < -0.4 is 9.62 Å². The van der Waals surface area contributed by atoms with Crippen LogP contribution in [0, 0.1) is 6.92 Å². The molecule has 1 N–H and O–H groups in total. The van der Waals surface area contributed by atoms with Gasteiger partial charge in [0.05, 0.1) is 16.1 Å². The van der Waals surface area contributed by atoms with Crippen LogP contribution in [0.1, 0.15) is 43.9 Å². The summed E-state index contributed by atoms with van der Waals surface area (Å²) >= 11 is 3.39. The van der Waals surface area contributed by atoms with E-state index in [0.717, 1.165) is 22.2 Å². The van der Waals surface area contributed by atoms with Gasteiger partial charge in [-0.3, -0.25) is 13.9 Å². The highest BCUT2D eigenvalue weighted by Crippen LogP contribution is 2.33. The van der Waals surface area contributed by atoms with Gasteiger partial charge >= 0.3 is 6.18 Å². The first-order valence-corrected chi connectivity index (χ1v) is 15.5. The Morgan fingerprint density at radius 1 is 0.976 bits per heavy atom. The molecule has 0 saturated heterocycles. The summed E-state index contributed by atoms with van der Waals surface area (Å²) in [6.07, 6.45) is -4.09. The van der Waals surface area contributed by atoms with Crippen LogP contribution in [-0.2, 0) is 32.3 Å². The minimum absolute atomic E-state index is 0.0472. The smallest absolute Gasteiger partial charge is 0.352 e. The second-order valence-electron chi connectivity index (χ2n) is 10.0. The highest BCUT2D eigenvalue weighted by molar-refractivity contribution is 9.10. The number of alkyl halides is 3. The van der Waals surface area contributed by atoms with Crippen LogP contribution in [0.2, 0.25) is 0 Å². The number of benzene rings is 3. The zero-order valence-corrected chi connectivity index (χ0v) is 26.1. The fourth-order valence-corrected chi connectivity index (χ4v) is 5.94. The molecular formula is C30H33BrF3N3O4S. The number of hydrogen-bond acceptors (Lipinski definition) is 4. The lowest BCUT2D eigenvalue weighted by molar-refractivity contribution is -0.139. The molecule has 0 fully saturated rings. The van der Waals surface area contributed by atoms with E-state index in [9.17, 15) is 31.2 Å². The molecule has 12 heteroatoms. The number of anilines is 1. The average Bonchev–Trinajstić information content (AvgIpc) is 2.93. The van der Waals surface area contributed by atoms with E-state index >= 15 is 0 Å². The molecule has 3 rings (SSSR count). The normalized spacial score (nSPS) is 13.2. The SMILES string of the molecule is CC[C@H](C)NC(=O)[C@@H](C)N(Cc1cccc(Br)c1)C(=O)CN(c1cccc(C(F)(F)F)c1)S(=O)(=O)c1ccc(C)cc1. The summed E-state index contributed by atoms with van der Waals surface area (Å²) in [7, 11) is -4.50. The molecule has 2 atom stereocenters. The third kappa shape index (κ3) is 8.34. The van der Waals surface area contributed by atoms with Gasteiger partial charge in [-0.15, -0.1) is 0 Å². The predicted molar refractivity (Wildman–Crippen MR) is 159 cm³/mol. The van der Waals surface area contributed by atoms with Crippen LogP contribution in [0.25, 0.3) is 0 Å². The van der Waals surface area contributed by atoms with Crippen LogP contribution in [0.3, 0.4) is 0 Å². The molecule has 3 aromatic carbocycles. The molecule has 2 amide bonds. The number of rotatable bonds is 11. The maximum Gasteiger partial charge on any atom is 0.416 e. The summed E-state index contributed by atoms with van der Waals surface area (Å²) in [6, 6.07) is 15.4. The Balaban J connectivity index is 2.09. The maximum absolute atomic E-state index is 13.9. The fourth-order valence-electron chi connectivity index (χ4n) is 4.08. The van der Waals surface area contributed by atoms with Crippen molar-refractivity contribution >= 4 is 43.5 Å². The van der Waals surface area contributed by atoms with E-state index in [-0.39, 0.29) is 23.2 Å². The Kier molecular flexibility index (Phi) is 10.8. The van der Waals surface area contributed by atoms with E-state index < -0.39 is 46.2 Å². The molecular weight excluding hydrogens is 635 g/mol. The number of amides is 2. The first-order valence-electron chi connectivity index (χ1n) is 13.2. The summed E-state index contributed by atoms with van der Waals surface area (Å²) in [4.78, 5) is 28.1. The Morgan fingerprint density at radius 3 is 2.21 bits per heavy atom. The number of aryl methyl sites for hydroxylation is 1. The van der Waals surface area contributed by atoms with Gasteiger partial charge in [0.15, 0.2) is 0 Å². The van der Waals surface area contributed by atoms with Gasteiger partial charge in [-0.2, -0.15) is 13.2 Å². The summed E-state index contributed by atoms with van der Waals surface area (Å²) in [5.74, 6) is -1.21. The molecule has 0 aliphatic heterocycles. The molecule has 0 aromatic heterocycles. The lowest BCUT2D eigenvalue weighted by Crippen LogP contribution is -2.52. The average molecular weight is 669 g/mol. The number of halogens is 4. The van der Waals surface area contributed by atoms with E-state index in [0.29, 0.717) is 22.4 Å². The Labute approximate surface area is 252 Å². The number of carbonyl (C=O) groups is 2. The van der Waals surface area contributed by atoms with E-state index in [4.69, 9.17) is 0 Å². The molecule has 0 radical (unpaired) electrons. The van der Waals surface area contributed by atoms with E-state index in [1.54, 1.807) is 43.3 Å². The quantitative estimate of drug-likeness (QED) is 0.260. The van der Waals surface area contributed by atoms with Crippen LogP contribution in [0.5, 0.6) is 0 Å². The monoisotopic (exact) mass is 667 g/mol. The number of nitrogens with one attached hydrogen (secondary N) is 1. The maximum atomic E-state index is 13.9. The van der Waals surface area contributed by atoms with Crippen molar-refractivity contribution in [1.29, 1.82) is 0 Å². The molecule has 0 aliphatic rings. The Bertz CT molecular complexity index is 1510. The van der Waals surface area contributed by atoms with Crippen LogP contribution in [-0.4, -0.2) is 43.8 Å². The van der Waals surface area contributed by atoms with Gasteiger partial charge in [-0.25, -0.2) is 8.42 Å². The van der Waals surface area contributed by atoms with Gasteiger partial charge in [0.2, 0.25) is 11.8 Å². The summed E-state index contributed by atoms with van der Waals surface area (Å²) < 4.78 is 69.9. The molecule has 0 saturated carbocycles. The zero-order valence-electron chi connectivity index (χ0n) is 23.7. The minimum Gasteiger partial charge on any atom is -0.352 e. The van der Waals surface area contributed by atoms with Crippen LogP contribution in [0.4, 0.5) is 18.9 Å². The Hall–Kier alpha value is -3.38. The Morgan fingerprint density at radius 2 is 1.62 bits per heavy atom. The second kappa shape index (κ2) is 13.7. The number of carbonyl (C=O) groups excluding carboxylic acids is 2. The first-order chi connectivity index (χ1) is 19.6. The van der Waals surface area contributed by atoms with Crippen molar-refractivity contribution in [3.63, 3.8) is 0 Å². The number of nitrogens with zero attached hydrogens (tertiary/aromatic N) is 2. The topological polar surface area (TPSA) is 86.8 Å². The van der Waals surface area contributed by atoms with Crippen molar-refractivity contribution in [2.24, 2.45) is 0 Å². The van der Waals surface area contributed by atoms with Crippen molar-refractivity contribution in [3.05, 3.63) is 94.0 Å². The van der Waals surface area contributed by atoms with Crippen LogP contribution in [0.15, 0.2) is 82.2 Å². The van der Waals surface area contributed by atoms with E-state index in [1.165, 1.54) is 30.0 Å². The zero-order chi connectivity index (χ0) is 31.2. The molecule has 0 heterocycles. The highest BCUT2D eigenvalue weighted by Gasteiger charge is 2.35. The number of hydrogen-bond donors (Lipinski definition) is 1. The lowest BCUT2D eigenvalue weighted by Gasteiger charge is -2.32. The predicted octanol–water partition coefficient (Wildman–Crippen LogP) is 6.30. The lowest BCUT2D eigenvalue weighted by atomic mass is 10.1. The number of sulfonamides is 1. The van der Waals surface area contributed by atoms with E-state index in [1.807, 2.05) is 13.8 Å². The van der Waals surface area contributed by atoms with Gasteiger partial charge < -0.3 is 10.2 Å². The third-order valence-corrected chi connectivity index (χ3v) is 9.04.